The molecular weight excluding hydrogens is 1030 g/mol. The number of rotatable bonds is 12. The van der Waals surface area contributed by atoms with Crippen LogP contribution in [0.1, 0.15) is 31.1 Å². The lowest BCUT2D eigenvalue weighted by atomic mass is 10.0. The monoisotopic (exact) mass is 1070 g/mol. The zero-order chi connectivity index (χ0) is 53.0. The molecule has 0 radical (unpaired) electrons. The van der Waals surface area contributed by atoms with Crippen molar-refractivity contribution in [3.63, 3.8) is 0 Å². The van der Waals surface area contributed by atoms with Crippen molar-refractivity contribution >= 4 is 132 Å². The average Bonchev–Trinajstić information content (AvgIpc) is 4.44. The van der Waals surface area contributed by atoms with Gasteiger partial charge in [-0.05, 0) is 109 Å². The summed E-state index contributed by atoms with van der Waals surface area (Å²) in [4.78, 5) is 60.2. The Balaban J connectivity index is 0.991. The van der Waals surface area contributed by atoms with Gasteiger partial charge in [0.05, 0.1) is 71.6 Å². The Kier molecular flexibility index (Phi) is 12.3. The molecular formula is C63H42N6O6S3. The van der Waals surface area contributed by atoms with Gasteiger partial charge < -0.3 is 30.2 Å². The summed E-state index contributed by atoms with van der Waals surface area (Å²) in [6, 6.07) is 51.7. The SMILES string of the molecule is COc1ccc(-c2cc3c(s2)c2cc(-c4ccc(OC)cc4C(=O)Nc4cccc5cccnc45)sc2c2cc(-c4ccc(OC)cc4C(=O)Nc4cccc5cccnc45)sc32)c(C(=O)Nc2cccc3cccnc23)c1. The second-order valence-corrected chi connectivity index (χ2v) is 21.5. The van der Waals surface area contributed by atoms with E-state index in [0.29, 0.717) is 84.2 Å². The normalized spacial score (nSPS) is 11.4. The molecule has 0 saturated heterocycles. The number of hydrogen-bond acceptors (Lipinski definition) is 12. The number of para-hydroxylation sites is 3. The van der Waals surface area contributed by atoms with Crippen LogP contribution in [0.2, 0.25) is 0 Å². The molecule has 0 bridgehead atoms. The van der Waals surface area contributed by atoms with Gasteiger partial charge in [0, 0.05) is 96.3 Å². The Bertz CT molecular complexity index is 4030. The highest BCUT2D eigenvalue weighted by Crippen LogP contribution is 2.52. The standard InChI is InChI=1S/C63H42N6O6S3/c1-73-37-19-22-40(43(28-37)61(70)67-49-16-4-10-34-13-7-25-64-55(34)49)52-31-46-58(76-52)47-32-53(41-23-20-38(74-2)29-44(41)62(71)68-50-17-5-11-35-14-8-26-65-56(35)50)78-60(47)48-33-54(77-59(46)48)42-24-21-39(75-3)30-45(42)63(72)69-51-18-6-12-36-15-9-27-66-57(36)51/h4-33H,1-3H3,(H,67,70)(H,68,71)(H,69,72). The zero-order valence-electron chi connectivity index (χ0n) is 41.8. The number of carbonyl (C=O) groups is 3. The molecule has 15 heteroatoms. The molecule has 0 aliphatic rings. The Morgan fingerprint density at radius 1 is 0.372 bits per heavy atom. The molecule has 0 aliphatic carbocycles. The summed E-state index contributed by atoms with van der Waals surface area (Å²) in [5.41, 5.74) is 7.20. The van der Waals surface area contributed by atoms with Crippen molar-refractivity contribution in [2.24, 2.45) is 0 Å². The highest BCUT2D eigenvalue weighted by Gasteiger charge is 2.26. The number of anilines is 3. The van der Waals surface area contributed by atoms with Crippen molar-refractivity contribution < 1.29 is 28.6 Å². The van der Waals surface area contributed by atoms with Gasteiger partial charge in [-0.2, -0.15) is 0 Å². The molecule has 0 saturated carbocycles. The van der Waals surface area contributed by atoms with Gasteiger partial charge in [0.15, 0.2) is 0 Å². The van der Waals surface area contributed by atoms with Gasteiger partial charge in [-0.25, -0.2) is 0 Å². The molecule has 7 aromatic carbocycles. The summed E-state index contributed by atoms with van der Waals surface area (Å²) in [7, 11) is 4.74. The maximum Gasteiger partial charge on any atom is 0.256 e. The van der Waals surface area contributed by atoms with Crippen LogP contribution >= 0.6 is 34.0 Å². The van der Waals surface area contributed by atoms with Crippen LogP contribution in [-0.2, 0) is 0 Å². The van der Waals surface area contributed by atoms with Gasteiger partial charge in [0.1, 0.15) is 17.2 Å². The fraction of sp³-hybridized carbons (Fsp3) is 0.0476. The Labute approximate surface area is 457 Å². The predicted octanol–water partition coefficient (Wildman–Crippen LogP) is 15.8. The second-order valence-electron chi connectivity index (χ2n) is 18.3. The molecule has 0 atom stereocenters. The molecule has 0 spiro atoms. The van der Waals surface area contributed by atoms with E-state index in [1.54, 1.807) is 92.1 Å². The molecule has 3 N–H and O–H groups in total. The molecule has 0 unspecified atom stereocenters. The minimum atomic E-state index is -0.319. The van der Waals surface area contributed by atoms with Gasteiger partial charge in [0.2, 0.25) is 0 Å². The number of thiophene rings is 3. The van der Waals surface area contributed by atoms with Gasteiger partial charge in [-0.3, -0.25) is 29.3 Å². The van der Waals surface area contributed by atoms with E-state index < -0.39 is 0 Å². The highest BCUT2D eigenvalue weighted by molar-refractivity contribution is 7.29. The first-order valence-electron chi connectivity index (χ1n) is 24.7. The summed E-state index contributed by atoms with van der Waals surface area (Å²) in [5.74, 6) is 0.635. The lowest BCUT2D eigenvalue weighted by Crippen LogP contribution is -2.13. The van der Waals surface area contributed by atoms with E-state index >= 15 is 0 Å². The van der Waals surface area contributed by atoms with Gasteiger partial charge in [-0.15, -0.1) is 34.0 Å². The summed E-state index contributed by atoms with van der Waals surface area (Å²) in [6.07, 6.45) is 5.13. The van der Waals surface area contributed by atoms with Crippen LogP contribution < -0.4 is 30.2 Å². The molecule has 12 nitrogen and oxygen atoms in total. The van der Waals surface area contributed by atoms with Crippen molar-refractivity contribution in [2.45, 2.75) is 0 Å². The van der Waals surface area contributed by atoms with E-state index in [4.69, 9.17) is 14.2 Å². The van der Waals surface area contributed by atoms with Crippen molar-refractivity contribution in [3.05, 3.63) is 199 Å². The lowest BCUT2D eigenvalue weighted by Gasteiger charge is -2.12. The molecule has 13 rings (SSSR count). The van der Waals surface area contributed by atoms with E-state index in [1.165, 1.54) is 0 Å². The third-order valence-corrected chi connectivity index (χ3v) is 17.4. The zero-order valence-corrected chi connectivity index (χ0v) is 44.3. The maximum atomic E-state index is 14.6. The number of nitrogens with one attached hydrogen (secondary N) is 3. The number of fused-ring (bicyclic) bond motifs is 9. The molecule has 6 aromatic heterocycles. The fourth-order valence-electron chi connectivity index (χ4n) is 10.0. The van der Waals surface area contributed by atoms with Crippen molar-refractivity contribution in [2.75, 3.05) is 37.3 Å². The highest BCUT2D eigenvalue weighted by atomic mass is 32.1. The molecule has 378 valence electrons. The smallest absolute Gasteiger partial charge is 0.256 e. The van der Waals surface area contributed by atoms with Crippen LogP contribution in [0.3, 0.4) is 0 Å². The summed E-state index contributed by atoms with van der Waals surface area (Å²) in [5, 5.41) is 15.1. The minimum Gasteiger partial charge on any atom is -0.497 e. The summed E-state index contributed by atoms with van der Waals surface area (Å²) >= 11 is 4.75. The van der Waals surface area contributed by atoms with Crippen LogP contribution in [-0.4, -0.2) is 54.0 Å². The maximum absolute atomic E-state index is 14.6. The first kappa shape index (κ1) is 48.1. The number of benzene rings is 7. The molecule has 13 aromatic rings. The van der Waals surface area contributed by atoms with E-state index in [9.17, 15) is 14.4 Å². The fourth-order valence-corrected chi connectivity index (χ4v) is 13.9. The first-order chi connectivity index (χ1) is 38.2. The number of nitrogens with zero attached hydrogens (tertiary/aromatic N) is 3. The number of hydrogen-bond donors (Lipinski definition) is 3. The van der Waals surface area contributed by atoms with Gasteiger partial charge in [0.25, 0.3) is 17.7 Å². The van der Waals surface area contributed by atoms with E-state index in [2.05, 4.69) is 49.1 Å². The van der Waals surface area contributed by atoms with Crippen LogP contribution in [0, 0.1) is 0 Å². The second kappa shape index (κ2) is 19.9. The number of ether oxygens (including phenoxy) is 3. The van der Waals surface area contributed by atoms with E-state index in [-0.39, 0.29) is 17.7 Å². The minimum absolute atomic E-state index is 0.319. The molecule has 78 heavy (non-hydrogen) atoms. The Morgan fingerprint density at radius 3 is 0.962 bits per heavy atom. The van der Waals surface area contributed by atoms with Crippen LogP contribution in [0.25, 0.3) is 94.3 Å². The summed E-state index contributed by atoms with van der Waals surface area (Å²) < 4.78 is 20.1. The number of carbonyl (C=O) groups excluding carboxylic acids is 3. The van der Waals surface area contributed by atoms with E-state index in [0.717, 1.165) is 61.0 Å². The number of methoxy groups -OCH3 is 3. The largest absolute Gasteiger partial charge is 0.497 e. The number of amides is 3. The van der Waals surface area contributed by atoms with Crippen molar-refractivity contribution in [1.82, 2.24) is 15.0 Å². The van der Waals surface area contributed by atoms with Crippen molar-refractivity contribution in [1.29, 1.82) is 0 Å². The molecule has 0 fully saturated rings. The summed E-state index contributed by atoms with van der Waals surface area (Å²) in [6.45, 7) is 0. The molecule has 0 aliphatic heterocycles. The molecule has 3 amide bonds. The Hall–Kier alpha value is -9.54. The third kappa shape index (κ3) is 8.55. The number of aromatic nitrogens is 3. The lowest BCUT2D eigenvalue weighted by molar-refractivity contribution is 0.101. The Morgan fingerprint density at radius 2 is 0.667 bits per heavy atom. The van der Waals surface area contributed by atoms with E-state index in [1.807, 2.05) is 127 Å². The third-order valence-electron chi connectivity index (χ3n) is 13.8. The van der Waals surface area contributed by atoms with Gasteiger partial charge >= 0.3 is 0 Å². The van der Waals surface area contributed by atoms with Crippen LogP contribution in [0.15, 0.2) is 182 Å². The topological polar surface area (TPSA) is 154 Å². The quantitative estimate of drug-likeness (QED) is 0.108. The van der Waals surface area contributed by atoms with Crippen LogP contribution in [0.5, 0.6) is 17.2 Å². The predicted molar refractivity (Wildman–Crippen MR) is 318 cm³/mol. The van der Waals surface area contributed by atoms with Gasteiger partial charge in [-0.1, -0.05) is 54.6 Å². The van der Waals surface area contributed by atoms with Crippen LogP contribution in [0.4, 0.5) is 17.1 Å². The number of pyridine rings is 3. The first-order valence-corrected chi connectivity index (χ1v) is 27.1. The molecule has 6 heterocycles. The average molecular weight is 1080 g/mol. The van der Waals surface area contributed by atoms with Crippen molar-refractivity contribution in [3.8, 4) is 48.6 Å².